The maximum absolute atomic E-state index is 4.68. The van der Waals surface area contributed by atoms with Crippen molar-refractivity contribution in [2.45, 2.75) is 68.9 Å². The summed E-state index contributed by atoms with van der Waals surface area (Å²) in [6.45, 7) is 11.7. The second-order valence-electron chi connectivity index (χ2n) is 9.76. The molecule has 2 saturated carbocycles. The zero-order valence-corrected chi connectivity index (χ0v) is 18.3. The maximum Gasteiger partial charge on any atom is 0.0309 e. The largest absolute Gasteiger partial charge is 0.118 e. The zero-order valence-electron chi connectivity index (χ0n) is 17.5. The van der Waals surface area contributed by atoms with E-state index in [-0.39, 0.29) is 0 Å². The van der Waals surface area contributed by atoms with Crippen molar-refractivity contribution in [1.82, 2.24) is 0 Å². The Morgan fingerprint density at radius 2 is 1.86 bits per heavy atom. The standard InChI is InChI=1S/C27H32S/c1-17-6-5-7-21(15-17)28-26-16-25-24-11-9-20-14-18(2)8-10-22(20)23(24)12-13-27(25,4)19(26)3/h5-8,10,14-15,23-26H,3,9,11-13,16H2,1-2,4H3. The SMILES string of the molecule is C=C1C(Sc2cccc(C)c2)CC2C3CCc4cc(C)ccc4C3CCC12C. The topological polar surface area (TPSA) is 0 Å². The molecule has 2 aromatic carbocycles. The fourth-order valence-corrected chi connectivity index (χ4v) is 8.03. The average molecular weight is 389 g/mol. The van der Waals surface area contributed by atoms with E-state index in [1.54, 1.807) is 11.1 Å². The smallest absolute Gasteiger partial charge is 0.0309 e. The highest BCUT2D eigenvalue weighted by Crippen LogP contribution is 2.64. The van der Waals surface area contributed by atoms with E-state index in [1.165, 1.54) is 53.7 Å². The Hall–Kier alpha value is -1.47. The maximum atomic E-state index is 4.68. The molecule has 5 atom stereocenters. The van der Waals surface area contributed by atoms with Crippen LogP contribution in [0.4, 0.5) is 0 Å². The molecule has 0 saturated heterocycles. The van der Waals surface area contributed by atoms with Crippen LogP contribution in [0, 0.1) is 31.1 Å². The van der Waals surface area contributed by atoms with E-state index in [4.69, 9.17) is 0 Å². The zero-order chi connectivity index (χ0) is 19.5. The first-order chi connectivity index (χ1) is 13.5. The second kappa shape index (κ2) is 6.80. The normalized spacial score (nSPS) is 33.9. The van der Waals surface area contributed by atoms with Crippen molar-refractivity contribution in [3.05, 3.63) is 76.9 Å². The van der Waals surface area contributed by atoms with Crippen LogP contribution in [-0.4, -0.2) is 5.25 Å². The summed E-state index contributed by atoms with van der Waals surface area (Å²) in [7, 11) is 0. The van der Waals surface area contributed by atoms with Crippen LogP contribution in [0.2, 0.25) is 0 Å². The van der Waals surface area contributed by atoms with Gasteiger partial charge in [-0.2, -0.15) is 0 Å². The first-order valence-electron chi connectivity index (χ1n) is 11.0. The van der Waals surface area contributed by atoms with Gasteiger partial charge in [0.05, 0.1) is 0 Å². The Labute approximate surface area is 174 Å². The lowest BCUT2D eigenvalue weighted by atomic mass is 9.55. The van der Waals surface area contributed by atoms with E-state index in [0.29, 0.717) is 10.7 Å². The molecule has 5 unspecified atom stereocenters. The molecule has 0 spiro atoms. The first kappa shape index (κ1) is 18.6. The fourth-order valence-electron chi connectivity index (χ4n) is 6.58. The summed E-state index contributed by atoms with van der Waals surface area (Å²) in [5.74, 6) is 2.42. The Morgan fingerprint density at radius 3 is 2.68 bits per heavy atom. The van der Waals surface area contributed by atoms with Gasteiger partial charge in [0.15, 0.2) is 0 Å². The molecule has 0 aromatic heterocycles. The van der Waals surface area contributed by atoms with Gasteiger partial charge in [-0.15, -0.1) is 11.8 Å². The molecule has 0 heterocycles. The molecule has 0 bridgehead atoms. The predicted molar refractivity (Wildman–Crippen MR) is 121 cm³/mol. The predicted octanol–water partition coefficient (Wildman–Crippen LogP) is 7.49. The lowest BCUT2D eigenvalue weighted by Gasteiger charge is -2.49. The van der Waals surface area contributed by atoms with Crippen LogP contribution in [0.5, 0.6) is 0 Å². The van der Waals surface area contributed by atoms with Crippen LogP contribution >= 0.6 is 11.8 Å². The summed E-state index contributed by atoms with van der Waals surface area (Å²) in [4.78, 5) is 1.41. The van der Waals surface area contributed by atoms with Gasteiger partial charge in [-0.25, -0.2) is 0 Å². The van der Waals surface area contributed by atoms with Crippen LogP contribution in [0.1, 0.15) is 60.8 Å². The van der Waals surface area contributed by atoms with Crippen molar-refractivity contribution in [2.24, 2.45) is 17.3 Å². The molecule has 0 amide bonds. The number of thioether (sulfide) groups is 1. The molecule has 0 radical (unpaired) electrons. The van der Waals surface area contributed by atoms with Crippen molar-refractivity contribution in [2.75, 3.05) is 0 Å². The molecule has 3 aliphatic rings. The van der Waals surface area contributed by atoms with Crippen LogP contribution in [0.3, 0.4) is 0 Å². The molecule has 0 N–H and O–H groups in total. The monoisotopic (exact) mass is 388 g/mol. The average Bonchev–Trinajstić information content (AvgIpc) is 2.92. The number of aryl methyl sites for hydroxylation is 3. The van der Waals surface area contributed by atoms with Crippen molar-refractivity contribution in [3.8, 4) is 0 Å². The number of benzene rings is 2. The van der Waals surface area contributed by atoms with E-state index in [2.05, 4.69) is 81.6 Å². The van der Waals surface area contributed by atoms with Crippen molar-refractivity contribution < 1.29 is 0 Å². The van der Waals surface area contributed by atoms with E-state index < -0.39 is 0 Å². The van der Waals surface area contributed by atoms with E-state index in [0.717, 1.165) is 17.8 Å². The lowest BCUT2D eigenvalue weighted by molar-refractivity contribution is 0.0817. The summed E-state index contributed by atoms with van der Waals surface area (Å²) in [5, 5.41) is 0.579. The van der Waals surface area contributed by atoms with Gasteiger partial charge < -0.3 is 0 Å². The second-order valence-corrected chi connectivity index (χ2v) is 11.0. The molecular formula is C27H32S. The number of hydrogen-bond donors (Lipinski definition) is 0. The Balaban J connectivity index is 1.43. The molecule has 2 aromatic rings. The van der Waals surface area contributed by atoms with Crippen molar-refractivity contribution in [3.63, 3.8) is 0 Å². The van der Waals surface area contributed by atoms with Gasteiger partial charge in [0.2, 0.25) is 0 Å². The third-order valence-electron chi connectivity index (χ3n) is 8.13. The van der Waals surface area contributed by atoms with Gasteiger partial charge in [0.25, 0.3) is 0 Å². The quantitative estimate of drug-likeness (QED) is 0.480. The molecule has 0 aliphatic heterocycles. The third kappa shape index (κ3) is 2.89. The van der Waals surface area contributed by atoms with Crippen molar-refractivity contribution in [1.29, 1.82) is 0 Å². The summed E-state index contributed by atoms with van der Waals surface area (Å²) in [6.07, 6.45) is 6.62. The Kier molecular flexibility index (Phi) is 4.51. The molecule has 2 fully saturated rings. The summed E-state index contributed by atoms with van der Waals surface area (Å²) in [6, 6.07) is 16.2. The first-order valence-corrected chi connectivity index (χ1v) is 11.9. The van der Waals surface area contributed by atoms with Crippen molar-refractivity contribution >= 4 is 11.8 Å². The minimum Gasteiger partial charge on any atom is -0.118 e. The summed E-state index contributed by atoms with van der Waals surface area (Å²) >= 11 is 2.07. The van der Waals surface area contributed by atoms with Gasteiger partial charge in [-0.05, 0) is 92.4 Å². The van der Waals surface area contributed by atoms with Gasteiger partial charge in [0.1, 0.15) is 0 Å². The summed E-state index contributed by atoms with van der Waals surface area (Å²) in [5.41, 5.74) is 7.94. The molecular weight excluding hydrogens is 356 g/mol. The van der Waals surface area contributed by atoms with Gasteiger partial charge in [0, 0.05) is 10.1 Å². The van der Waals surface area contributed by atoms with Gasteiger partial charge in [-0.1, -0.05) is 60.5 Å². The van der Waals surface area contributed by atoms with Crippen LogP contribution in [0.25, 0.3) is 0 Å². The summed E-state index contributed by atoms with van der Waals surface area (Å²) < 4.78 is 0. The van der Waals surface area contributed by atoms with Gasteiger partial charge in [-0.3, -0.25) is 0 Å². The highest BCUT2D eigenvalue weighted by Gasteiger charge is 2.55. The number of rotatable bonds is 2. The molecule has 28 heavy (non-hydrogen) atoms. The number of fused-ring (bicyclic) bond motifs is 5. The Morgan fingerprint density at radius 1 is 1.04 bits per heavy atom. The molecule has 5 rings (SSSR count). The molecule has 0 nitrogen and oxygen atoms in total. The molecule has 3 aliphatic carbocycles. The lowest BCUT2D eigenvalue weighted by Crippen LogP contribution is -2.40. The van der Waals surface area contributed by atoms with E-state index in [1.807, 2.05) is 0 Å². The fraction of sp³-hybridized carbons (Fsp3) is 0.481. The van der Waals surface area contributed by atoms with Crippen LogP contribution in [-0.2, 0) is 6.42 Å². The number of hydrogen-bond acceptors (Lipinski definition) is 1. The minimum absolute atomic E-state index is 0.338. The minimum atomic E-state index is 0.338. The van der Waals surface area contributed by atoms with Crippen LogP contribution < -0.4 is 0 Å². The molecule has 1 heteroatoms. The highest BCUT2D eigenvalue weighted by molar-refractivity contribution is 8.00. The van der Waals surface area contributed by atoms with Crippen LogP contribution in [0.15, 0.2) is 59.5 Å². The van der Waals surface area contributed by atoms with E-state index in [9.17, 15) is 0 Å². The highest BCUT2D eigenvalue weighted by atomic mass is 32.2. The van der Waals surface area contributed by atoms with Gasteiger partial charge >= 0.3 is 0 Å². The molecule has 146 valence electrons. The van der Waals surface area contributed by atoms with E-state index >= 15 is 0 Å². The third-order valence-corrected chi connectivity index (χ3v) is 9.42. The Bertz CT molecular complexity index is 926.